The molecule has 0 aliphatic carbocycles. The highest BCUT2D eigenvalue weighted by Crippen LogP contribution is 2.51. The molecule has 0 saturated heterocycles. The predicted molar refractivity (Wildman–Crippen MR) is 68.9 cm³/mol. The zero-order valence-corrected chi connectivity index (χ0v) is 12.8. The topological polar surface area (TPSA) is 63.2 Å². The predicted octanol–water partition coefficient (Wildman–Crippen LogP) is 3.29. The van der Waals surface area contributed by atoms with Crippen LogP contribution in [0.5, 0.6) is 0 Å². The van der Waals surface area contributed by atoms with Gasteiger partial charge in [0.05, 0.1) is 16.3 Å². The molecule has 1 aromatic carbocycles. The fraction of sp³-hybridized carbons (Fsp3) is 0.364. The number of thioether (sulfide) groups is 1. The largest absolute Gasteiger partial charge is 0.461 e. The second-order valence-corrected chi connectivity index (χ2v) is 7.60. The molecular weight excluding hydrogens is 391 g/mol. The molecule has 134 valence electrons. The minimum atomic E-state index is -6.80. The number of amides is 1. The summed E-state index contributed by atoms with van der Waals surface area (Å²) in [7, 11) is -6.39. The standard InChI is InChI=1S/C11H6F7NO3S2/c12-9(13,10(14,15)16)11(17,18)24(21,22)5-1-2-7-6(3-5)19-8(20)4-23-7/h1-3H,4H2,(H,19,20). The number of carbonyl (C=O) groups is 1. The average Bonchev–Trinajstić information content (AvgIpc) is 2.44. The van der Waals surface area contributed by atoms with Crippen molar-refractivity contribution >= 4 is 33.2 Å². The molecule has 0 bridgehead atoms. The summed E-state index contributed by atoms with van der Waals surface area (Å²) >= 11 is 0.911. The van der Waals surface area contributed by atoms with E-state index in [0.717, 1.165) is 17.8 Å². The van der Waals surface area contributed by atoms with Gasteiger partial charge in [0, 0.05) is 4.90 Å². The van der Waals surface area contributed by atoms with Crippen molar-refractivity contribution in [2.45, 2.75) is 27.1 Å². The molecule has 0 atom stereocenters. The van der Waals surface area contributed by atoms with Crippen LogP contribution < -0.4 is 5.32 Å². The number of carbonyl (C=O) groups excluding carboxylic acids is 1. The maximum Gasteiger partial charge on any atom is 0.461 e. The molecule has 4 nitrogen and oxygen atoms in total. The van der Waals surface area contributed by atoms with Crippen LogP contribution in [0.15, 0.2) is 28.0 Å². The van der Waals surface area contributed by atoms with Crippen molar-refractivity contribution in [3.8, 4) is 0 Å². The first-order valence-electron chi connectivity index (χ1n) is 5.85. The van der Waals surface area contributed by atoms with Gasteiger partial charge in [-0.25, -0.2) is 8.42 Å². The van der Waals surface area contributed by atoms with Crippen molar-refractivity contribution in [3.05, 3.63) is 18.2 Å². The molecule has 0 fully saturated rings. The molecule has 13 heteroatoms. The van der Waals surface area contributed by atoms with Crippen LogP contribution in [0.3, 0.4) is 0 Å². The number of hydrogen-bond acceptors (Lipinski definition) is 4. The summed E-state index contributed by atoms with van der Waals surface area (Å²) in [6.45, 7) is 0. The average molecular weight is 397 g/mol. The van der Waals surface area contributed by atoms with Gasteiger partial charge in [0.25, 0.3) is 0 Å². The van der Waals surface area contributed by atoms with E-state index in [1.54, 1.807) is 0 Å². The SMILES string of the molecule is O=C1CSc2ccc(S(=O)(=O)C(F)(F)C(F)(F)C(F)(F)F)cc2N1. The highest BCUT2D eigenvalue weighted by atomic mass is 32.2. The number of alkyl halides is 7. The molecule has 0 saturated carbocycles. The first-order chi connectivity index (χ1) is 10.7. The minimum Gasteiger partial charge on any atom is -0.324 e. The third-order valence-corrected chi connectivity index (χ3v) is 5.83. The van der Waals surface area contributed by atoms with Crippen molar-refractivity contribution in [1.29, 1.82) is 0 Å². The molecule has 0 unspecified atom stereocenters. The molecule has 1 N–H and O–H groups in total. The highest BCUT2D eigenvalue weighted by Gasteiger charge is 2.78. The fourth-order valence-corrected chi connectivity index (χ4v) is 3.77. The van der Waals surface area contributed by atoms with E-state index in [1.165, 1.54) is 0 Å². The van der Waals surface area contributed by atoms with Gasteiger partial charge in [-0.05, 0) is 18.2 Å². The molecule has 0 radical (unpaired) electrons. The quantitative estimate of drug-likeness (QED) is 0.796. The third kappa shape index (κ3) is 2.72. The van der Waals surface area contributed by atoms with Gasteiger partial charge in [0.15, 0.2) is 0 Å². The van der Waals surface area contributed by atoms with E-state index in [-0.39, 0.29) is 16.3 Å². The molecule has 0 aromatic heterocycles. The van der Waals surface area contributed by atoms with Crippen LogP contribution in [-0.4, -0.2) is 37.4 Å². The van der Waals surface area contributed by atoms with E-state index in [4.69, 9.17) is 0 Å². The number of benzene rings is 1. The second kappa shape index (κ2) is 5.51. The molecule has 1 aromatic rings. The summed E-state index contributed by atoms with van der Waals surface area (Å²) in [4.78, 5) is 9.95. The Morgan fingerprint density at radius 1 is 1.04 bits per heavy atom. The smallest absolute Gasteiger partial charge is 0.324 e. The number of hydrogen-bond donors (Lipinski definition) is 1. The van der Waals surface area contributed by atoms with Crippen molar-refractivity contribution in [1.82, 2.24) is 0 Å². The van der Waals surface area contributed by atoms with Gasteiger partial charge in [0.1, 0.15) is 0 Å². The first-order valence-corrected chi connectivity index (χ1v) is 8.32. The Bertz CT molecular complexity index is 789. The molecule has 1 aliphatic rings. The Kier molecular flexibility index (Phi) is 4.32. The van der Waals surface area contributed by atoms with Crippen LogP contribution in [0.4, 0.5) is 36.4 Å². The number of rotatable bonds is 3. The van der Waals surface area contributed by atoms with Gasteiger partial charge < -0.3 is 5.32 Å². The van der Waals surface area contributed by atoms with Gasteiger partial charge in [-0.3, -0.25) is 4.79 Å². The molecule has 1 aliphatic heterocycles. The van der Waals surface area contributed by atoms with Crippen molar-refractivity contribution < 1.29 is 43.9 Å². The minimum absolute atomic E-state index is 0.0542. The first kappa shape index (κ1) is 18.8. The zero-order valence-electron chi connectivity index (χ0n) is 11.1. The van der Waals surface area contributed by atoms with Crippen LogP contribution in [-0.2, 0) is 14.6 Å². The van der Waals surface area contributed by atoms with Crippen LogP contribution in [0, 0.1) is 0 Å². The number of nitrogens with one attached hydrogen (secondary N) is 1. The number of sulfone groups is 1. The summed E-state index contributed by atoms with van der Waals surface area (Å²) in [6, 6.07) is 1.81. The van der Waals surface area contributed by atoms with Gasteiger partial charge >= 0.3 is 17.4 Å². The lowest BCUT2D eigenvalue weighted by Crippen LogP contribution is -2.55. The Balaban J connectivity index is 2.55. The molecule has 1 amide bonds. The number of fused-ring (bicyclic) bond motifs is 1. The van der Waals surface area contributed by atoms with Crippen LogP contribution >= 0.6 is 11.8 Å². The van der Waals surface area contributed by atoms with Crippen LogP contribution in [0.1, 0.15) is 0 Å². The lowest BCUT2D eigenvalue weighted by Gasteiger charge is -2.28. The third-order valence-electron chi connectivity index (χ3n) is 2.95. The van der Waals surface area contributed by atoms with Crippen molar-refractivity contribution in [2.75, 3.05) is 11.1 Å². The van der Waals surface area contributed by atoms with Gasteiger partial charge in [-0.15, -0.1) is 11.8 Å². The van der Waals surface area contributed by atoms with Crippen LogP contribution in [0.25, 0.3) is 0 Å². The summed E-state index contributed by atoms with van der Waals surface area (Å²) in [5, 5.41) is -4.32. The van der Waals surface area contributed by atoms with E-state index in [9.17, 15) is 43.9 Å². The van der Waals surface area contributed by atoms with E-state index >= 15 is 0 Å². The summed E-state index contributed by atoms with van der Waals surface area (Å²) in [5.41, 5.74) is -0.275. The van der Waals surface area contributed by atoms with E-state index in [1.807, 2.05) is 0 Å². The monoisotopic (exact) mass is 397 g/mol. The number of anilines is 1. The zero-order chi connectivity index (χ0) is 18.6. The molecule has 1 heterocycles. The normalized spacial score (nSPS) is 16.5. The molecule has 0 spiro atoms. The Morgan fingerprint density at radius 2 is 1.62 bits per heavy atom. The molecular formula is C11H6F7NO3S2. The fourth-order valence-electron chi connectivity index (χ4n) is 1.71. The van der Waals surface area contributed by atoms with E-state index in [2.05, 4.69) is 5.32 Å². The van der Waals surface area contributed by atoms with Crippen LogP contribution in [0.2, 0.25) is 0 Å². The second-order valence-electron chi connectivity index (χ2n) is 4.59. The van der Waals surface area contributed by atoms with E-state index < -0.39 is 38.0 Å². The lowest BCUT2D eigenvalue weighted by atomic mass is 10.3. The summed E-state index contributed by atoms with van der Waals surface area (Å²) < 4.78 is 113. The Morgan fingerprint density at radius 3 is 2.17 bits per heavy atom. The molecule has 24 heavy (non-hydrogen) atoms. The molecule has 2 rings (SSSR count). The van der Waals surface area contributed by atoms with Crippen molar-refractivity contribution in [3.63, 3.8) is 0 Å². The maximum absolute atomic E-state index is 13.5. The Labute approximate surface area is 134 Å². The highest BCUT2D eigenvalue weighted by molar-refractivity contribution is 8.00. The lowest BCUT2D eigenvalue weighted by molar-refractivity contribution is -0.332. The summed E-state index contributed by atoms with van der Waals surface area (Å²) in [5.74, 6) is -7.47. The Hall–Kier alpha value is -1.50. The maximum atomic E-state index is 13.5. The number of halogens is 7. The van der Waals surface area contributed by atoms with Crippen molar-refractivity contribution in [2.24, 2.45) is 0 Å². The summed E-state index contributed by atoms with van der Waals surface area (Å²) in [6.07, 6.45) is -6.78. The van der Waals surface area contributed by atoms with Gasteiger partial charge in [0.2, 0.25) is 15.7 Å². The van der Waals surface area contributed by atoms with Gasteiger partial charge in [-0.1, -0.05) is 0 Å². The van der Waals surface area contributed by atoms with Gasteiger partial charge in [-0.2, -0.15) is 30.7 Å². The van der Waals surface area contributed by atoms with E-state index in [0.29, 0.717) is 12.1 Å².